The minimum atomic E-state index is -3.21. The summed E-state index contributed by atoms with van der Waals surface area (Å²) in [5.41, 5.74) is 0.577. The molecule has 0 unspecified atom stereocenters. The zero-order valence-electron chi connectivity index (χ0n) is 6.75. The lowest BCUT2D eigenvalue weighted by atomic mass is 10.5. The van der Waals surface area contributed by atoms with Crippen molar-refractivity contribution in [1.82, 2.24) is 0 Å². The predicted octanol–water partition coefficient (Wildman–Crippen LogP) is 1.21. The zero-order chi connectivity index (χ0) is 8.36. The van der Waals surface area contributed by atoms with E-state index in [4.69, 9.17) is 0 Å². The van der Waals surface area contributed by atoms with Gasteiger partial charge in [-0.25, -0.2) is 8.42 Å². The minimum Gasteiger partial charge on any atom is -0.204 e. The molecule has 0 aromatic heterocycles. The van der Waals surface area contributed by atoms with E-state index >= 15 is 0 Å². The summed E-state index contributed by atoms with van der Waals surface area (Å²) >= 11 is 0. The fourth-order valence-electron chi connectivity index (χ4n) is 0.360. The molecule has 3 nitrogen and oxygen atoms in total. The summed E-state index contributed by atoms with van der Waals surface area (Å²) < 4.78 is 25.4. The van der Waals surface area contributed by atoms with Crippen LogP contribution in [0.5, 0.6) is 0 Å². The van der Waals surface area contributed by atoms with Crippen LogP contribution >= 0.6 is 0 Å². The summed E-state index contributed by atoms with van der Waals surface area (Å²) in [6.07, 6.45) is 0. The van der Waals surface area contributed by atoms with Crippen LogP contribution in [0.15, 0.2) is 4.40 Å². The van der Waals surface area contributed by atoms with E-state index < -0.39 is 15.3 Å². The standard InChI is InChI=1S/C6H13NO2S/c1-5(2)7-10(8,9)6(3)4/h6H,1-4H3. The van der Waals surface area contributed by atoms with Gasteiger partial charge in [0.1, 0.15) is 0 Å². The lowest BCUT2D eigenvalue weighted by Gasteiger charge is -2.00. The van der Waals surface area contributed by atoms with Crippen LogP contribution in [-0.4, -0.2) is 19.4 Å². The predicted molar refractivity (Wildman–Crippen MR) is 42.8 cm³/mol. The summed E-state index contributed by atoms with van der Waals surface area (Å²) in [6.45, 7) is 6.56. The quantitative estimate of drug-likeness (QED) is 0.574. The molecule has 0 aliphatic rings. The molecule has 0 saturated heterocycles. The first-order valence-corrected chi connectivity index (χ1v) is 4.63. The van der Waals surface area contributed by atoms with E-state index in [-0.39, 0.29) is 0 Å². The van der Waals surface area contributed by atoms with Crippen LogP contribution in [0.25, 0.3) is 0 Å². The Morgan fingerprint density at radius 1 is 1.30 bits per heavy atom. The van der Waals surface area contributed by atoms with E-state index in [2.05, 4.69) is 4.40 Å². The van der Waals surface area contributed by atoms with Gasteiger partial charge in [-0.3, -0.25) is 0 Å². The van der Waals surface area contributed by atoms with Gasteiger partial charge in [-0.1, -0.05) is 0 Å². The second-order valence-electron chi connectivity index (χ2n) is 2.60. The SMILES string of the molecule is CC(C)=NS(=O)(=O)C(C)C. The average Bonchev–Trinajstić information content (AvgIpc) is 1.60. The van der Waals surface area contributed by atoms with Gasteiger partial charge in [0.2, 0.25) is 0 Å². The molecule has 4 heteroatoms. The highest BCUT2D eigenvalue weighted by molar-refractivity contribution is 7.90. The molecule has 10 heavy (non-hydrogen) atoms. The lowest BCUT2D eigenvalue weighted by molar-refractivity contribution is 0.589. The Bertz CT molecular complexity index is 222. The molecule has 0 aromatic rings. The third-order valence-corrected chi connectivity index (χ3v) is 2.72. The average molecular weight is 163 g/mol. The Hall–Kier alpha value is -0.380. The second-order valence-corrected chi connectivity index (χ2v) is 4.76. The fraction of sp³-hybridized carbons (Fsp3) is 0.833. The van der Waals surface area contributed by atoms with Crippen LogP contribution < -0.4 is 0 Å². The van der Waals surface area contributed by atoms with Crippen LogP contribution in [0.3, 0.4) is 0 Å². The van der Waals surface area contributed by atoms with Crippen LogP contribution in [0.2, 0.25) is 0 Å². The Labute approximate surface area is 62.2 Å². The third kappa shape index (κ3) is 2.96. The lowest BCUT2D eigenvalue weighted by Crippen LogP contribution is -2.11. The van der Waals surface area contributed by atoms with Gasteiger partial charge in [-0.15, -0.1) is 0 Å². The molecule has 0 spiro atoms. The van der Waals surface area contributed by atoms with Crippen molar-refractivity contribution in [2.24, 2.45) is 4.40 Å². The fourth-order valence-corrected chi connectivity index (χ4v) is 1.08. The van der Waals surface area contributed by atoms with Crippen molar-refractivity contribution >= 4 is 15.7 Å². The number of hydrogen-bond donors (Lipinski definition) is 0. The summed E-state index contributed by atoms with van der Waals surface area (Å²) in [6, 6.07) is 0. The second kappa shape index (κ2) is 3.14. The van der Waals surface area contributed by atoms with Crippen molar-refractivity contribution in [3.63, 3.8) is 0 Å². The van der Waals surface area contributed by atoms with Gasteiger partial charge in [0.05, 0.1) is 5.25 Å². The molecular formula is C6H13NO2S. The normalized spacial score (nSPS) is 11.7. The molecule has 0 radical (unpaired) electrons. The van der Waals surface area contributed by atoms with Gasteiger partial charge in [0.25, 0.3) is 10.0 Å². The van der Waals surface area contributed by atoms with E-state index in [1.54, 1.807) is 27.7 Å². The highest BCUT2D eigenvalue weighted by atomic mass is 32.2. The summed E-state index contributed by atoms with van der Waals surface area (Å²) in [5, 5.41) is -0.414. The van der Waals surface area contributed by atoms with Crippen molar-refractivity contribution in [1.29, 1.82) is 0 Å². The van der Waals surface area contributed by atoms with Gasteiger partial charge in [-0.2, -0.15) is 4.40 Å². The summed E-state index contributed by atoms with van der Waals surface area (Å²) in [5.74, 6) is 0. The maximum Gasteiger partial charge on any atom is 0.255 e. The Balaban J connectivity index is 4.63. The topological polar surface area (TPSA) is 46.5 Å². The first kappa shape index (κ1) is 9.62. The van der Waals surface area contributed by atoms with E-state index in [1.165, 1.54) is 0 Å². The number of nitrogens with zero attached hydrogens (tertiary/aromatic N) is 1. The van der Waals surface area contributed by atoms with Crippen LogP contribution in [-0.2, 0) is 10.0 Å². The summed E-state index contributed by atoms with van der Waals surface area (Å²) in [7, 11) is -3.21. The van der Waals surface area contributed by atoms with E-state index in [9.17, 15) is 8.42 Å². The molecule has 0 aromatic carbocycles. The van der Waals surface area contributed by atoms with E-state index in [1.807, 2.05) is 0 Å². The Morgan fingerprint density at radius 3 is 1.80 bits per heavy atom. The van der Waals surface area contributed by atoms with E-state index in [0.717, 1.165) is 0 Å². The van der Waals surface area contributed by atoms with Gasteiger partial charge >= 0.3 is 0 Å². The van der Waals surface area contributed by atoms with Crippen molar-refractivity contribution in [2.75, 3.05) is 0 Å². The molecule has 0 amide bonds. The van der Waals surface area contributed by atoms with Crippen LogP contribution in [0.1, 0.15) is 27.7 Å². The highest BCUT2D eigenvalue weighted by Crippen LogP contribution is 2.01. The van der Waals surface area contributed by atoms with Crippen LogP contribution in [0, 0.1) is 0 Å². The highest BCUT2D eigenvalue weighted by Gasteiger charge is 2.12. The molecular weight excluding hydrogens is 150 g/mol. The smallest absolute Gasteiger partial charge is 0.204 e. The molecule has 0 aliphatic carbocycles. The van der Waals surface area contributed by atoms with Gasteiger partial charge in [0.15, 0.2) is 0 Å². The molecule has 0 N–H and O–H groups in total. The first-order valence-electron chi connectivity index (χ1n) is 3.13. The van der Waals surface area contributed by atoms with Crippen molar-refractivity contribution in [3.8, 4) is 0 Å². The van der Waals surface area contributed by atoms with Crippen molar-refractivity contribution in [2.45, 2.75) is 32.9 Å². The number of rotatable bonds is 2. The maximum absolute atomic E-state index is 11.0. The van der Waals surface area contributed by atoms with Gasteiger partial charge in [-0.05, 0) is 27.7 Å². The zero-order valence-corrected chi connectivity index (χ0v) is 7.57. The number of sulfonamides is 1. The minimum absolute atomic E-state index is 0.414. The van der Waals surface area contributed by atoms with E-state index in [0.29, 0.717) is 5.71 Å². The van der Waals surface area contributed by atoms with Crippen molar-refractivity contribution in [3.05, 3.63) is 0 Å². The molecule has 60 valence electrons. The molecule has 0 heterocycles. The number of hydrogen-bond acceptors (Lipinski definition) is 2. The third-order valence-electron chi connectivity index (χ3n) is 0.906. The summed E-state index contributed by atoms with van der Waals surface area (Å²) in [4.78, 5) is 0. The maximum atomic E-state index is 11.0. The molecule has 0 fully saturated rings. The molecule has 0 saturated carbocycles. The molecule has 0 atom stereocenters. The molecule has 0 aliphatic heterocycles. The van der Waals surface area contributed by atoms with Crippen molar-refractivity contribution < 1.29 is 8.42 Å². The van der Waals surface area contributed by atoms with Gasteiger partial charge < -0.3 is 0 Å². The first-order chi connectivity index (χ1) is 4.36. The van der Waals surface area contributed by atoms with Gasteiger partial charge in [0, 0.05) is 5.71 Å². The largest absolute Gasteiger partial charge is 0.255 e. The Morgan fingerprint density at radius 2 is 1.70 bits per heavy atom. The monoisotopic (exact) mass is 163 g/mol. The Kier molecular flexibility index (Phi) is 3.02. The van der Waals surface area contributed by atoms with Crippen LogP contribution in [0.4, 0.5) is 0 Å². The molecule has 0 rings (SSSR count). The molecule has 0 bridgehead atoms.